The molecule has 1 aliphatic heterocycles. The Labute approximate surface area is 167 Å². The number of hydrogen-bond acceptors (Lipinski definition) is 7. The van der Waals surface area contributed by atoms with Crippen LogP contribution in [0.2, 0.25) is 0 Å². The van der Waals surface area contributed by atoms with Gasteiger partial charge < -0.3 is 25.8 Å². The van der Waals surface area contributed by atoms with E-state index in [9.17, 15) is 0 Å². The van der Waals surface area contributed by atoms with Crippen LogP contribution in [0.3, 0.4) is 0 Å². The Morgan fingerprint density at radius 2 is 1.55 bits per heavy atom. The van der Waals surface area contributed by atoms with Crippen molar-refractivity contribution in [3.63, 3.8) is 0 Å². The molecule has 1 aliphatic rings. The van der Waals surface area contributed by atoms with Gasteiger partial charge in [0.25, 0.3) is 0 Å². The molecule has 0 bridgehead atoms. The summed E-state index contributed by atoms with van der Waals surface area (Å²) in [6.07, 6.45) is 1.48. The van der Waals surface area contributed by atoms with Crippen LogP contribution < -0.4 is 25.8 Å². The fourth-order valence-corrected chi connectivity index (χ4v) is 3.31. The Balaban J connectivity index is 1.44. The first kappa shape index (κ1) is 17.1. The lowest BCUT2D eigenvalue weighted by molar-refractivity contribution is 0.171. The van der Waals surface area contributed by atoms with Crippen molar-refractivity contribution in [2.45, 2.75) is 0 Å². The molecular weight excluding hydrogens is 366 g/mol. The zero-order chi connectivity index (χ0) is 19.6. The van der Waals surface area contributed by atoms with Gasteiger partial charge in [-0.05, 0) is 23.6 Å². The molecule has 0 saturated carbocycles. The topological polar surface area (TPSA) is 94.3 Å². The molecular formula is C22H19N5O2. The van der Waals surface area contributed by atoms with Crippen molar-refractivity contribution in [3.8, 4) is 11.5 Å². The number of nitrogen functional groups attached to an aromatic ring is 1. The van der Waals surface area contributed by atoms with Gasteiger partial charge in [-0.15, -0.1) is 0 Å². The first-order valence-corrected chi connectivity index (χ1v) is 9.30. The molecule has 1 aromatic heterocycles. The molecule has 3 aromatic carbocycles. The molecule has 4 aromatic rings. The van der Waals surface area contributed by atoms with E-state index in [1.165, 1.54) is 6.33 Å². The van der Waals surface area contributed by atoms with Gasteiger partial charge in [-0.2, -0.15) is 0 Å². The van der Waals surface area contributed by atoms with Crippen LogP contribution in [-0.4, -0.2) is 23.2 Å². The summed E-state index contributed by atoms with van der Waals surface area (Å²) in [6, 6.07) is 19.8. The molecule has 0 saturated heterocycles. The van der Waals surface area contributed by atoms with Gasteiger partial charge in [-0.1, -0.05) is 36.4 Å². The molecule has 7 heteroatoms. The van der Waals surface area contributed by atoms with Gasteiger partial charge in [-0.3, -0.25) is 0 Å². The molecule has 29 heavy (non-hydrogen) atoms. The van der Waals surface area contributed by atoms with Crippen molar-refractivity contribution in [2.75, 3.05) is 29.6 Å². The molecule has 144 valence electrons. The second-order valence-electron chi connectivity index (χ2n) is 6.62. The number of anilines is 5. The number of fused-ring (bicyclic) bond motifs is 2. The third kappa shape index (κ3) is 3.34. The minimum absolute atomic E-state index is 0.426. The maximum atomic E-state index is 6.35. The van der Waals surface area contributed by atoms with Crippen LogP contribution in [0.25, 0.3) is 10.8 Å². The van der Waals surface area contributed by atoms with E-state index in [4.69, 9.17) is 15.2 Å². The smallest absolute Gasteiger partial charge is 0.163 e. The van der Waals surface area contributed by atoms with E-state index in [1.54, 1.807) is 0 Å². The molecule has 0 radical (unpaired) electrons. The van der Waals surface area contributed by atoms with Gasteiger partial charge in [-0.25, -0.2) is 9.97 Å². The number of ether oxygens (including phenoxy) is 2. The fraction of sp³-hybridized carbons (Fsp3) is 0.0909. The number of hydrogen-bond donors (Lipinski definition) is 3. The Kier molecular flexibility index (Phi) is 4.25. The molecule has 0 fully saturated rings. The standard InChI is InChI=1S/C22H19N5O2/c23-20-21(26-15-8-9-18-19(12-15)29-11-10-28-18)24-13-25-22(20)27-17-7-3-5-14-4-1-2-6-16(14)17/h1-9,12-13H,10-11,23H2,(H2,24,25,26,27). The van der Waals surface area contributed by atoms with Crippen molar-refractivity contribution in [1.29, 1.82) is 0 Å². The van der Waals surface area contributed by atoms with Crippen LogP contribution in [-0.2, 0) is 0 Å². The van der Waals surface area contributed by atoms with Crippen molar-refractivity contribution in [3.05, 3.63) is 67.0 Å². The second-order valence-corrected chi connectivity index (χ2v) is 6.62. The van der Waals surface area contributed by atoms with Crippen LogP contribution >= 0.6 is 0 Å². The Morgan fingerprint density at radius 3 is 2.45 bits per heavy atom. The quantitative estimate of drug-likeness (QED) is 0.477. The van der Waals surface area contributed by atoms with Crippen LogP contribution in [0.1, 0.15) is 0 Å². The zero-order valence-corrected chi connectivity index (χ0v) is 15.6. The molecule has 4 N–H and O–H groups in total. The van der Waals surface area contributed by atoms with Crippen molar-refractivity contribution in [2.24, 2.45) is 0 Å². The first-order valence-electron chi connectivity index (χ1n) is 9.30. The molecule has 5 rings (SSSR count). The largest absolute Gasteiger partial charge is 0.486 e. The van der Waals surface area contributed by atoms with E-state index in [-0.39, 0.29) is 0 Å². The number of aromatic nitrogens is 2. The molecule has 7 nitrogen and oxygen atoms in total. The van der Waals surface area contributed by atoms with Gasteiger partial charge in [0.05, 0.1) is 0 Å². The summed E-state index contributed by atoms with van der Waals surface area (Å²) in [4.78, 5) is 8.61. The second kappa shape index (κ2) is 7.20. The first-order chi connectivity index (χ1) is 14.3. The van der Waals surface area contributed by atoms with Crippen LogP contribution in [0, 0.1) is 0 Å². The average molecular weight is 385 g/mol. The normalized spacial score (nSPS) is 12.6. The minimum atomic E-state index is 0.426. The lowest BCUT2D eigenvalue weighted by Crippen LogP contribution is -2.15. The zero-order valence-electron chi connectivity index (χ0n) is 15.6. The molecule has 2 heterocycles. The van der Waals surface area contributed by atoms with Gasteiger partial charge in [0.2, 0.25) is 0 Å². The lowest BCUT2D eigenvalue weighted by atomic mass is 10.1. The van der Waals surface area contributed by atoms with E-state index < -0.39 is 0 Å². The summed E-state index contributed by atoms with van der Waals surface area (Å²) < 4.78 is 11.2. The van der Waals surface area contributed by atoms with Crippen LogP contribution in [0.5, 0.6) is 11.5 Å². The maximum Gasteiger partial charge on any atom is 0.163 e. The molecule has 0 unspecified atom stereocenters. The third-order valence-corrected chi connectivity index (χ3v) is 4.73. The average Bonchev–Trinajstić information content (AvgIpc) is 2.77. The van der Waals surface area contributed by atoms with Crippen molar-refractivity contribution < 1.29 is 9.47 Å². The summed E-state index contributed by atoms with van der Waals surface area (Å²) in [5, 5.41) is 8.80. The summed E-state index contributed by atoms with van der Waals surface area (Å²) in [6.45, 7) is 1.09. The summed E-state index contributed by atoms with van der Waals surface area (Å²) in [5.41, 5.74) is 8.51. The summed E-state index contributed by atoms with van der Waals surface area (Å²) in [5.74, 6) is 2.48. The summed E-state index contributed by atoms with van der Waals surface area (Å²) >= 11 is 0. The molecule has 0 spiro atoms. The molecule has 0 amide bonds. The highest BCUT2D eigenvalue weighted by atomic mass is 16.6. The fourth-order valence-electron chi connectivity index (χ4n) is 3.31. The Morgan fingerprint density at radius 1 is 0.793 bits per heavy atom. The van der Waals surface area contributed by atoms with Gasteiger partial charge in [0, 0.05) is 22.8 Å². The van der Waals surface area contributed by atoms with E-state index in [2.05, 4.69) is 38.8 Å². The number of nitrogens with zero attached hydrogens (tertiary/aromatic N) is 2. The monoisotopic (exact) mass is 385 g/mol. The summed E-state index contributed by atoms with van der Waals surface area (Å²) in [7, 11) is 0. The third-order valence-electron chi connectivity index (χ3n) is 4.73. The Bertz CT molecular complexity index is 1190. The highest BCUT2D eigenvalue weighted by Crippen LogP contribution is 2.35. The van der Waals surface area contributed by atoms with Crippen LogP contribution in [0.15, 0.2) is 67.0 Å². The minimum Gasteiger partial charge on any atom is -0.486 e. The number of rotatable bonds is 4. The van der Waals surface area contributed by atoms with Crippen molar-refractivity contribution >= 4 is 39.5 Å². The van der Waals surface area contributed by atoms with Gasteiger partial charge in [0.1, 0.15) is 25.2 Å². The maximum absolute atomic E-state index is 6.35. The lowest BCUT2D eigenvalue weighted by Gasteiger charge is -2.19. The molecule has 0 aliphatic carbocycles. The van der Waals surface area contributed by atoms with E-state index in [0.29, 0.717) is 36.3 Å². The SMILES string of the molecule is Nc1c(Nc2ccc3c(c2)OCCO3)ncnc1Nc1cccc2ccccc12. The van der Waals surface area contributed by atoms with E-state index in [0.717, 1.165) is 27.9 Å². The number of nitrogens with two attached hydrogens (primary N) is 1. The van der Waals surface area contributed by atoms with Crippen molar-refractivity contribution in [1.82, 2.24) is 9.97 Å². The Hall–Kier alpha value is -4.00. The van der Waals surface area contributed by atoms with Gasteiger partial charge >= 0.3 is 0 Å². The van der Waals surface area contributed by atoms with Gasteiger partial charge in [0.15, 0.2) is 23.1 Å². The molecule has 0 atom stereocenters. The highest BCUT2D eigenvalue weighted by Gasteiger charge is 2.14. The highest BCUT2D eigenvalue weighted by molar-refractivity contribution is 5.96. The van der Waals surface area contributed by atoms with Crippen LogP contribution in [0.4, 0.5) is 28.7 Å². The predicted octanol–water partition coefficient (Wildman–Crippen LogP) is 4.47. The van der Waals surface area contributed by atoms with E-state index >= 15 is 0 Å². The number of benzene rings is 3. The predicted molar refractivity (Wildman–Crippen MR) is 114 cm³/mol. The van der Waals surface area contributed by atoms with E-state index in [1.807, 2.05) is 42.5 Å². The number of nitrogens with one attached hydrogen (secondary N) is 2.